The Morgan fingerprint density at radius 2 is 1.61 bits per heavy atom. The van der Waals surface area contributed by atoms with Crippen molar-refractivity contribution < 1.29 is 21.8 Å². The number of nitrogens with zero attached hydrogens (tertiary/aromatic N) is 1. The molecule has 0 radical (unpaired) electrons. The summed E-state index contributed by atoms with van der Waals surface area (Å²) < 4.78 is 41.2. The number of hydrogen-bond donors (Lipinski definition) is 1. The third-order valence-electron chi connectivity index (χ3n) is 3.51. The summed E-state index contributed by atoms with van der Waals surface area (Å²) >= 11 is 0. The summed E-state index contributed by atoms with van der Waals surface area (Å²) in [6, 6.07) is 10.8. The highest BCUT2D eigenvalue weighted by Crippen LogP contribution is 2.33. The van der Waals surface area contributed by atoms with Crippen LogP contribution >= 0.6 is 0 Å². The van der Waals surface area contributed by atoms with Gasteiger partial charge in [0.1, 0.15) is 14.1 Å². The molecular formula is C16H17BF4N2. The number of anilines is 1. The van der Waals surface area contributed by atoms with E-state index in [1.807, 2.05) is 7.05 Å². The average molecular weight is 324 g/mol. The molecule has 0 atom stereocenters. The normalized spacial score (nSPS) is 12.7. The second-order valence-electron chi connectivity index (χ2n) is 5.29. The van der Waals surface area contributed by atoms with E-state index < -0.39 is 7.25 Å². The van der Waals surface area contributed by atoms with Crippen LogP contribution in [-0.2, 0) is 0 Å². The van der Waals surface area contributed by atoms with Crippen LogP contribution in [0, 0.1) is 0 Å². The molecule has 0 unspecified atom stereocenters. The maximum Gasteiger partial charge on any atom is 0.673 e. The van der Waals surface area contributed by atoms with E-state index in [4.69, 9.17) is 0 Å². The number of rotatable bonds is 1. The first-order valence-corrected chi connectivity index (χ1v) is 7.06. The molecule has 1 N–H and O–H groups in total. The van der Waals surface area contributed by atoms with E-state index in [-0.39, 0.29) is 0 Å². The molecule has 0 fully saturated rings. The molecule has 0 amide bonds. The summed E-state index contributed by atoms with van der Waals surface area (Å²) in [4.78, 5) is 0. The van der Waals surface area contributed by atoms with Gasteiger partial charge in [0, 0.05) is 24.2 Å². The minimum Gasteiger partial charge on any atom is -0.418 e. The van der Waals surface area contributed by atoms with Crippen molar-refractivity contribution in [2.24, 2.45) is 0 Å². The number of nitrogens with one attached hydrogen (secondary N) is 1. The number of halogens is 4. The second kappa shape index (κ2) is 6.44. The molecule has 0 bridgehead atoms. The molecule has 0 spiro atoms. The van der Waals surface area contributed by atoms with Gasteiger partial charge in [-0.15, -0.1) is 0 Å². The van der Waals surface area contributed by atoms with Gasteiger partial charge in [-0.2, -0.15) is 0 Å². The van der Waals surface area contributed by atoms with Crippen LogP contribution in [-0.4, -0.2) is 38.7 Å². The van der Waals surface area contributed by atoms with Gasteiger partial charge in [-0.05, 0) is 23.1 Å². The van der Waals surface area contributed by atoms with Gasteiger partial charge in [-0.3, -0.25) is 0 Å². The number of allylic oxidation sites excluding steroid dienone is 1. The molecule has 0 aliphatic heterocycles. The topological polar surface area (TPSA) is 15.0 Å². The largest absolute Gasteiger partial charge is 0.673 e. The molecule has 7 heteroatoms. The van der Waals surface area contributed by atoms with E-state index in [9.17, 15) is 17.3 Å². The Bertz CT molecular complexity index is 785. The quantitative estimate of drug-likeness (QED) is 0.470. The van der Waals surface area contributed by atoms with Crippen LogP contribution in [0.15, 0.2) is 36.4 Å². The van der Waals surface area contributed by atoms with Gasteiger partial charge in [0.2, 0.25) is 5.71 Å². The maximum absolute atomic E-state index is 9.75. The first kappa shape index (κ1) is 17.1. The lowest BCUT2D eigenvalue weighted by atomic mass is 9.90. The smallest absolute Gasteiger partial charge is 0.418 e. The molecule has 3 rings (SSSR count). The molecule has 23 heavy (non-hydrogen) atoms. The van der Waals surface area contributed by atoms with Crippen molar-refractivity contribution in [2.75, 3.05) is 26.5 Å². The Kier molecular flexibility index (Phi) is 4.77. The zero-order valence-corrected chi connectivity index (χ0v) is 13.1. The minimum absolute atomic E-state index is 1.18. The first-order chi connectivity index (χ1) is 10.7. The van der Waals surface area contributed by atoms with E-state index in [1.54, 1.807) is 0 Å². The molecule has 2 aromatic carbocycles. The van der Waals surface area contributed by atoms with E-state index in [0.717, 1.165) is 0 Å². The molecule has 122 valence electrons. The van der Waals surface area contributed by atoms with Crippen LogP contribution in [0.2, 0.25) is 0 Å². The monoisotopic (exact) mass is 324 g/mol. The van der Waals surface area contributed by atoms with Crippen molar-refractivity contribution >= 4 is 35.5 Å². The van der Waals surface area contributed by atoms with Crippen LogP contribution in [0.5, 0.6) is 0 Å². The Morgan fingerprint density at radius 1 is 0.957 bits per heavy atom. The lowest BCUT2D eigenvalue weighted by molar-refractivity contribution is -0.462. The summed E-state index contributed by atoms with van der Waals surface area (Å²) in [6.07, 6.45) is 4.39. The third-order valence-corrected chi connectivity index (χ3v) is 3.51. The van der Waals surface area contributed by atoms with Crippen LogP contribution in [0.1, 0.15) is 11.1 Å². The summed E-state index contributed by atoms with van der Waals surface area (Å²) in [5.41, 5.74) is 5.04. The van der Waals surface area contributed by atoms with E-state index in [1.165, 1.54) is 33.3 Å². The van der Waals surface area contributed by atoms with Gasteiger partial charge in [0.25, 0.3) is 0 Å². The van der Waals surface area contributed by atoms with E-state index in [0.29, 0.717) is 0 Å². The van der Waals surface area contributed by atoms with Gasteiger partial charge in [0.05, 0.1) is 5.56 Å². The molecule has 2 nitrogen and oxygen atoms in total. The van der Waals surface area contributed by atoms with Crippen LogP contribution < -0.4 is 5.32 Å². The second-order valence-corrected chi connectivity index (χ2v) is 5.29. The van der Waals surface area contributed by atoms with Crippen molar-refractivity contribution in [2.45, 2.75) is 0 Å². The Balaban J connectivity index is 0.000000338. The van der Waals surface area contributed by atoms with Gasteiger partial charge in [0.15, 0.2) is 0 Å². The van der Waals surface area contributed by atoms with Crippen molar-refractivity contribution in [1.82, 2.24) is 0 Å². The molecule has 0 heterocycles. The van der Waals surface area contributed by atoms with Crippen molar-refractivity contribution in [3.05, 3.63) is 47.5 Å². The highest BCUT2D eigenvalue weighted by molar-refractivity contribution is 6.50. The highest BCUT2D eigenvalue weighted by Gasteiger charge is 2.21. The van der Waals surface area contributed by atoms with Crippen molar-refractivity contribution in [3.63, 3.8) is 0 Å². The Morgan fingerprint density at radius 3 is 2.17 bits per heavy atom. The average Bonchev–Trinajstić information content (AvgIpc) is 2.46. The fourth-order valence-corrected chi connectivity index (χ4v) is 2.65. The predicted octanol–water partition coefficient (Wildman–Crippen LogP) is 4.27. The minimum atomic E-state index is -6.00. The first-order valence-electron chi connectivity index (χ1n) is 7.06. The maximum atomic E-state index is 9.75. The summed E-state index contributed by atoms with van der Waals surface area (Å²) in [5, 5.41) is 5.94. The zero-order valence-electron chi connectivity index (χ0n) is 13.1. The fraction of sp³-hybridized carbons (Fsp3) is 0.188. The SMILES string of the molecule is CNc1ccc2cccc3c2c1C(=[N+](C)C)C=C3.F[B-](F)(F)F. The van der Waals surface area contributed by atoms with E-state index >= 15 is 0 Å². The molecule has 0 saturated heterocycles. The summed E-state index contributed by atoms with van der Waals surface area (Å²) in [7, 11) is 0.156. The molecule has 1 aliphatic rings. The molecule has 2 aromatic rings. The lowest BCUT2D eigenvalue weighted by Gasteiger charge is -2.16. The fourth-order valence-electron chi connectivity index (χ4n) is 2.65. The summed E-state index contributed by atoms with van der Waals surface area (Å²) in [6.45, 7) is 0. The Labute approximate surface area is 132 Å². The van der Waals surface area contributed by atoms with Crippen LogP contribution in [0.3, 0.4) is 0 Å². The molecule has 0 aromatic heterocycles. The van der Waals surface area contributed by atoms with Crippen molar-refractivity contribution in [1.29, 1.82) is 0 Å². The molecular weight excluding hydrogens is 307 g/mol. The number of benzene rings is 2. The molecule has 1 aliphatic carbocycles. The van der Waals surface area contributed by atoms with Crippen LogP contribution in [0.4, 0.5) is 23.0 Å². The predicted molar refractivity (Wildman–Crippen MR) is 88.9 cm³/mol. The lowest BCUT2D eigenvalue weighted by Crippen LogP contribution is -2.16. The van der Waals surface area contributed by atoms with Crippen molar-refractivity contribution in [3.8, 4) is 0 Å². The summed E-state index contributed by atoms with van der Waals surface area (Å²) in [5.74, 6) is 0. The van der Waals surface area contributed by atoms with Gasteiger partial charge in [-0.25, -0.2) is 4.58 Å². The van der Waals surface area contributed by atoms with E-state index in [2.05, 4.69) is 66.5 Å². The van der Waals surface area contributed by atoms with Crippen LogP contribution in [0.25, 0.3) is 16.8 Å². The van der Waals surface area contributed by atoms with Gasteiger partial charge in [-0.1, -0.05) is 24.3 Å². The molecule has 0 saturated carbocycles. The van der Waals surface area contributed by atoms with Gasteiger partial charge < -0.3 is 22.6 Å². The zero-order chi connectivity index (χ0) is 17.2. The van der Waals surface area contributed by atoms with Gasteiger partial charge >= 0.3 is 7.25 Å². The Hall–Kier alpha value is -2.31. The third kappa shape index (κ3) is 3.91. The number of hydrogen-bond acceptors (Lipinski definition) is 1. The highest BCUT2D eigenvalue weighted by atomic mass is 19.5. The standard InChI is InChI=1S/C16H16N2.BF4/c1-17-13-9-7-11-5-4-6-12-8-10-14(18(2)3)16(13)15(11)12;2-1(3,4)5/h4-10H,1-3H3;/q;-1/p+1.